The predicted octanol–water partition coefficient (Wildman–Crippen LogP) is 4.09. The summed E-state index contributed by atoms with van der Waals surface area (Å²) in [6, 6.07) is 7.57. The van der Waals surface area contributed by atoms with Crippen LogP contribution < -0.4 is 10.2 Å². The number of nitrogens with zero attached hydrogens (tertiary/aromatic N) is 2. The molecule has 0 radical (unpaired) electrons. The third-order valence-corrected chi connectivity index (χ3v) is 4.30. The number of carbonyl (C=O) groups is 1. The Morgan fingerprint density at radius 1 is 1.19 bits per heavy atom. The van der Waals surface area contributed by atoms with Crippen molar-refractivity contribution in [2.45, 2.75) is 19.0 Å². The standard InChI is InChI=1S/C18H17F4N3O/c19-13-5-7-14(8-6-13)24-17(26)12-3-2-10-25(11-12)16-15(18(20,21)22)4-1-9-23-16/h1,4-9,12H,2-3,10-11H2,(H,24,26). The van der Waals surface area contributed by atoms with E-state index in [0.717, 1.165) is 6.07 Å². The van der Waals surface area contributed by atoms with Crippen molar-refractivity contribution in [3.8, 4) is 0 Å². The maximum atomic E-state index is 13.2. The largest absolute Gasteiger partial charge is 0.419 e. The molecule has 1 saturated heterocycles. The number of rotatable bonds is 3. The second-order valence-electron chi connectivity index (χ2n) is 6.15. The van der Waals surface area contributed by atoms with Crippen LogP contribution in [0.5, 0.6) is 0 Å². The number of halogens is 4. The van der Waals surface area contributed by atoms with E-state index in [4.69, 9.17) is 0 Å². The number of anilines is 2. The summed E-state index contributed by atoms with van der Waals surface area (Å²) in [5.41, 5.74) is -0.359. The molecule has 1 unspecified atom stereocenters. The normalized spacial score (nSPS) is 17.8. The molecule has 1 amide bonds. The highest BCUT2D eigenvalue weighted by Gasteiger charge is 2.37. The quantitative estimate of drug-likeness (QED) is 0.831. The number of piperidine rings is 1. The minimum atomic E-state index is -4.51. The van der Waals surface area contributed by atoms with Gasteiger partial charge in [-0.2, -0.15) is 13.2 Å². The number of aromatic nitrogens is 1. The summed E-state index contributed by atoms with van der Waals surface area (Å²) >= 11 is 0. The van der Waals surface area contributed by atoms with Gasteiger partial charge < -0.3 is 10.2 Å². The van der Waals surface area contributed by atoms with Crippen LogP contribution >= 0.6 is 0 Å². The van der Waals surface area contributed by atoms with Crippen molar-refractivity contribution >= 4 is 17.4 Å². The zero-order chi connectivity index (χ0) is 18.7. The lowest BCUT2D eigenvalue weighted by Gasteiger charge is -2.34. The monoisotopic (exact) mass is 367 g/mol. The van der Waals surface area contributed by atoms with E-state index in [-0.39, 0.29) is 18.3 Å². The fraction of sp³-hybridized carbons (Fsp3) is 0.333. The molecule has 0 saturated carbocycles. The summed E-state index contributed by atoms with van der Waals surface area (Å²) < 4.78 is 52.5. The minimum Gasteiger partial charge on any atom is -0.355 e. The van der Waals surface area contributed by atoms with Gasteiger partial charge in [0.1, 0.15) is 11.6 Å². The topological polar surface area (TPSA) is 45.2 Å². The lowest BCUT2D eigenvalue weighted by Crippen LogP contribution is -2.42. The van der Waals surface area contributed by atoms with Crippen molar-refractivity contribution in [2.24, 2.45) is 5.92 Å². The molecule has 2 heterocycles. The minimum absolute atomic E-state index is 0.146. The van der Waals surface area contributed by atoms with Gasteiger partial charge in [0.15, 0.2) is 0 Å². The third kappa shape index (κ3) is 4.12. The summed E-state index contributed by atoms with van der Waals surface area (Å²) in [5, 5.41) is 2.68. The van der Waals surface area contributed by atoms with Gasteiger partial charge >= 0.3 is 6.18 Å². The number of carbonyl (C=O) groups excluding carboxylic acids is 1. The Morgan fingerprint density at radius 3 is 2.62 bits per heavy atom. The summed E-state index contributed by atoms with van der Waals surface area (Å²) in [6.45, 7) is 0.549. The lowest BCUT2D eigenvalue weighted by atomic mass is 9.96. The highest BCUT2D eigenvalue weighted by molar-refractivity contribution is 5.93. The van der Waals surface area contributed by atoms with Crippen molar-refractivity contribution < 1.29 is 22.4 Å². The molecule has 1 aliphatic rings. The Morgan fingerprint density at radius 2 is 1.92 bits per heavy atom. The van der Waals surface area contributed by atoms with E-state index in [9.17, 15) is 22.4 Å². The van der Waals surface area contributed by atoms with Crippen LogP contribution in [0, 0.1) is 11.7 Å². The molecule has 3 rings (SSSR count). The van der Waals surface area contributed by atoms with E-state index in [0.29, 0.717) is 25.1 Å². The number of nitrogens with one attached hydrogen (secondary N) is 1. The Balaban J connectivity index is 1.73. The summed E-state index contributed by atoms with van der Waals surface area (Å²) in [5.74, 6) is -1.34. The fourth-order valence-electron chi connectivity index (χ4n) is 3.03. The maximum absolute atomic E-state index is 13.2. The van der Waals surface area contributed by atoms with Crippen LogP contribution in [-0.2, 0) is 11.0 Å². The third-order valence-electron chi connectivity index (χ3n) is 4.30. The van der Waals surface area contributed by atoms with Gasteiger partial charge in [0.2, 0.25) is 5.91 Å². The number of pyridine rings is 1. The van der Waals surface area contributed by atoms with Gasteiger partial charge in [0.25, 0.3) is 0 Å². The van der Waals surface area contributed by atoms with Crippen LogP contribution in [0.25, 0.3) is 0 Å². The number of hydrogen-bond acceptors (Lipinski definition) is 3. The second-order valence-corrected chi connectivity index (χ2v) is 6.15. The van der Waals surface area contributed by atoms with Gasteiger partial charge in [-0.1, -0.05) is 0 Å². The highest BCUT2D eigenvalue weighted by Crippen LogP contribution is 2.36. The van der Waals surface area contributed by atoms with Gasteiger partial charge in [-0.15, -0.1) is 0 Å². The van der Waals surface area contributed by atoms with E-state index in [1.807, 2.05) is 0 Å². The fourth-order valence-corrected chi connectivity index (χ4v) is 3.03. The van der Waals surface area contributed by atoms with Crippen LogP contribution in [0.1, 0.15) is 18.4 Å². The van der Waals surface area contributed by atoms with Gasteiger partial charge in [0, 0.05) is 25.0 Å². The molecule has 0 aliphatic carbocycles. The van der Waals surface area contributed by atoms with Crippen molar-refractivity contribution in [1.82, 2.24) is 4.98 Å². The molecule has 1 aromatic carbocycles. The number of benzene rings is 1. The summed E-state index contributed by atoms with van der Waals surface area (Å²) in [6.07, 6.45) is -2.05. The van der Waals surface area contributed by atoms with E-state index >= 15 is 0 Å². The molecule has 1 fully saturated rings. The van der Waals surface area contributed by atoms with Crippen LogP contribution in [0.4, 0.5) is 29.1 Å². The van der Waals surface area contributed by atoms with Gasteiger partial charge in [-0.25, -0.2) is 9.37 Å². The smallest absolute Gasteiger partial charge is 0.355 e. The van der Waals surface area contributed by atoms with Crippen molar-refractivity contribution in [3.05, 3.63) is 54.0 Å². The van der Waals surface area contributed by atoms with Crippen LogP contribution in [-0.4, -0.2) is 24.0 Å². The van der Waals surface area contributed by atoms with E-state index in [1.54, 1.807) is 0 Å². The van der Waals surface area contributed by atoms with Crippen molar-refractivity contribution in [3.63, 3.8) is 0 Å². The van der Waals surface area contributed by atoms with Crippen molar-refractivity contribution in [1.29, 1.82) is 0 Å². The second kappa shape index (κ2) is 7.31. The van der Waals surface area contributed by atoms with E-state index in [2.05, 4.69) is 10.3 Å². The highest BCUT2D eigenvalue weighted by atomic mass is 19.4. The first kappa shape index (κ1) is 18.2. The molecule has 1 aromatic heterocycles. The molecule has 2 aromatic rings. The number of alkyl halides is 3. The van der Waals surface area contributed by atoms with E-state index in [1.165, 1.54) is 41.4 Å². The summed E-state index contributed by atoms with van der Waals surface area (Å²) in [4.78, 5) is 17.8. The Bertz CT molecular complexity index is 777. The average molecular weight is 367 g/mol. The van der Waals surface area contributed by atoms with Gasteiger partial charge in [-0.05, 0) is 49.2 Å². The van der Waals surface area contributed by atoms with Gasteiger partial charge in [0.05, 0.1) is 11.5 Å². The Labute approximate surface area is 147 Å². The van der Waals surface area contributed by atoms with Crippen LogP contribution in [0.15, 0.2) is 42.6 Å². The average Bonchev–Trinajstić information content (AvgIpc) is 2.63. The first-order chi connectivity index (χ1) is 12.3. The van der Waals surface area contributed by atoms with E-state index < -0.39 is 23.5 Å². The maximum Gasteiger partial charge on any atom is 0.419 e. The molecular formula is C18H17F4N3O. The lowest BCUT2D eigenvalue weighted by molar-refractivity contribution is -0.137. The summed E-state index contributed by atoms with van der Waals surface area (Å²) in [7, 11) is 0. The molecule has 138 valence electrons. The number of hydrogen-bond donors (Lipinski definition) is 1. The first-order valence-electron chi connectivity index (χ1n) is 8.18. The Hall–Kier alpha value is -2.64. The molecule has 8 heteroatoms. The van der Waals surface area contributed by atoms with Crippen LogP contribution in [0.3, 0.4) is 0 Å². The molecule has 1 aliphatic heterocycles. The zero-order valence-corrected chi connectivity index (χ0v) is 13.8. The van der Waals surface area contributed by atoms with Crippen LogP contribution in [0.2, 0.25) is 0 Å². The zero-order valence-electron chi connectivity index (χ0n) is 13.8. The molecule has 1 atom stereocenters. The molecule has 4 nitrogen and oxygen atoms in total. The Kier molecular flexibility index (Phi) is 5.11. The molecular weight excluding hydrogens is 350 g/mol. The molecule has 1 N–H and O–H groups in total. The molecule has 0 bridgehead atoms. The van der Waals surface area contributed by atoms with Crippen molar-refractivity contribution in [2.75, 3.05) is 23.3 Å². The molecule has 26 heavy (non-hydrogen) atoms. The molecule has 0 spiro atoms. The predicted molar refractivity (Wildman–Crippen MR) is 89.2 cm³/mol. The number of amides is 1. The SMILES string of the molecule is O=C(Nc1ccc(F)cc1)C1CCCN(c2ncccc2C(F)(F)F)C1. The van der Waals surface area contributed by atoms with Gasteiger partial charge in [-0.3, -0.25) is 4.79 Å². The first-order valence-corrected chi connectivity index (χ1v) is 8.18.